The number of carbonyl (C=O) groups is 1. The van der Waals surface area contributed by atoms with Crippen molar-refractivity contribution in [1.82, 2.24) is 0 Å². The number of rotatable bonds is 8. The third kappa shape index (κ3) is 7.07. The van der Waals surface area contributed by atoms with Crippen LogP contribution in [0.25, 0.3) is 0 Å². The van der Waals surface area contributed by atoms with E-state index in [2.05, 4.69) is 5.32 Å². The zero-order valence-electron chi connectivity index (χ0n) is 14.3. The summed E-state index contributed by atoms with van der Waals surface area (Å²) < 4.78 is 24.8. The average molecular weight is 360 g/mol. The highest BCUT2D eigenvalue weighted by molar-refractivity contribution is 7.89. The Balaban J connectivity index is 1.99. The van der Waals surface area contributed by atoms with Crippen molar-refractivity contribution in [3.8, 4) is 0 Å². The Bertz CT molecular complexity index is 802. The van der Waals surface area contributed by atoms with Crippen LogP contribution in [0.5, 0.6) is 0 Å². The number of benzene rings is 2. The Kier molecular flexibility index (Phi) is 6.73. The van der Waals surface area contributed by atoms with Crippen LogP contribution in [0.1, 0.15) is 30.9 Å². The van der Waals surface area contributed by atoms with E-state index in [9.17, 15) is 13.2 Å². The number of hydrogen-bond donors (Lipinski definition) is 2. The lowest BCUT2D eigenvalue weighted by atomic mass is 10.2. The van der Waals surface area contributed by atoms with Crippen molar-refractivity contribution in [2.45, 2.75) is 37.3 Å². The van der Waals surface area contributed by atoms with Gasteiger partial charge < -0.3 is 11.1 Å². The predicted octanol–water partition coefficient (Wildman–Crippen LogP) is 2.87. The molecule has 0 aliphatic heterocycles. The molecule has 2 aromatic carbocycles. The van der Waals surface area contributed by atoms with Crippen LogP contribution in [-0.4, -0.2) is 20.4 Å². The third-order valence-electron chi connectivity index (χ3n) is 3.65. The van der Waals surface area contributed by atoms with Gasteiger partial charge in [-0.2, -0.15) is 0 Å². The molecule has 6 heteroatoms. The van der Waals surface area contributed by atoms with Crippen LogP contribution >= 0.6 is 0 Å². The van der Waals surface area contributed by atoms with Crippen LogP contribution in [0.2, 0.25) is 0 Å². The first-order valence-corrected chi connectivity index (χ1v) is 10.0. The molecule has 0 aliphatic rings. The molecular formula is C19H24N2O3S. The minimum atomic E-state index is -3.28. The summed E-state index contributed by atoms with van der Waals surface area (Å²) >= 11 is 0. The summed E-state index contributed by atoms with van der Waals surface area (Å²) in [7, 11) is -3.28. The van der Waals surface area contributed by atoms with Gasteiger partial charge in [-0.25, -0.2) is 8.42 Å². The van der Waals surface area contributed by atoms with Crippen LogP contribution in [0.4, 0.5) is 5.69 Å². The quantitative estimate of drug-likeness (QED) is 0.757. The number of amides is 1. The van der Waals surface area contributed by atoms with Gasteiger partial charge in [0.1, 0.15) is 0 Å². The van der Waals surface area contributed by atoms with E-state index in [0.717, 1.165) is 5.56 Å². The number of nitrogens with two attached hydrogens (primary N) is 1. The molecule has 0 fully saturated rings. The minimum absolute atomic E-state index is 0.00118. The van der Waals surface area contributed by atoms with E-state index < -0.39 is 9.84 Å². The minimum Gasteiger partial charge on any atom is -0.328 e. The number of sulfone groups is 1. The molecule has 0 saturated carbocycles. The van der Waals surface area contributed by atoms with Crippen LogP contribution in [0.3, 0.4) is 0 Å². The van der Waals surface area contributed by atoms with Crippen molar-refractivity contribution >= 4 is 21.4 Å². The van der Waals surface area contributed by atoms with Gasteiger partial charge in [-0.3, -0.25) is 4.79 Å². The topological polar surface area (TPSA) is 89.3 Å². The Morgan fingerprint density at radius 1 is 1.04 bits per heavy atom. The second-order valence-corrected chi connectivity index (χ2v) is 8.35. The molecule has 0 aromatic heterocycles. The maximum Gasteiger partial charge on any atom is 0.224 e. The van der Waals surface area contributed by atoms with Crippen LogP contribution in [-0.2, 0) is 26.1 Å². The average Bonchev–Trinajstić information content (AvgIpc) is 2.53. The fourth-order valence-electron chi connectivity index (χ4n) is 2.45. The lowest BCUT2D eigenvalue weighted by Crippen LogP contribution is -2.19. The number of anilines is 1. The summed E-state index contributed by atoms with van der Waals surface area (Å²) in [6.45, 7) is 1.85. The molecule has 0 bridgehead atoms. The molecule has 2 aromatic rings. The van der Waals surface area contributed by atoms with E-state index in [1.807, 2.05) is 25.1 Å². The molecule has 25 heavy (non-hydrogen) atoms. The van der Waals surface area contributed by atoms with Crippen LogP contribution < -0.4 is 11.1 Å². The molecule has 3 N–H and O–H groups in total. The first-order chi connectivity index (χ1) is 11.8. The molecule has 2 rings (SSSR count). The molecular weight excluding hydrogens is 336 g/mol. The summed E-state index contributed by atoms with van der Waals surface area (Å²) in [4.78, 5) is 11.9. The summed E-state index contributed by atoms with van der Waals surface area (Å²) in [5, 5.41) is 2.78. The normalized spacial score (nSPS) is 12.6. The molecule has 0 radical (unpaired) electrons. The van der Waals surface area contributed by atoms with E-state index in [-0.39, 0.29) is 23.5 Å². The van der Waals surface area contributed by atoms with Crippen molar-refractivity contribution in [3.05, 3.63) is 65.7 Å². The standard InChI is InChI=1S/C19H24N2O3S/c1-15(20)10-11-19(22)21-18-9-5-8-17(12-18)14-25(23,24)13-16-6-3-2-4-7-16/h2-9,12,15H,10-11,13-14,20H2,1H3,(H,21,22). The van der Waals surface area contributed by atoms with Gasteiger partial charge in [-0.1, -0.05) is 42.5 Å². The fraction of sp³-hybridized carbons (Fsp3) is 0.316. The highest BCUT2D eigenvalue weighted by atomic mass is 32.2. The van der Waals surface area contributed by atoms with Crippen LogP contribution in [0, 0.1) is 0 Å². The Morgan fingerprint density at radius 3 is 2.36 bits per heavy atom. The summed E-state index contributed by atoms with van der Waals surface area (Å²) in [6, 6.07) is 16.0. The van der Waals surface area contributed by atoms with E-state index >= 15 is 0 Å². The molecule has 0 spiro atoms. The maximum absolute atomic E-state index is 12.4. The lowest BCUT2D eigenvalue weighted by Gasteiger charge is -2.09. The molecule has 5 nitrogen and oxygen atoms in total. The monoisotopic (exact) mass is 360 g/mol. The molecule has 0 aliphatic carbocycles. The van der Waals surface area contributed by atoms with Crippen molar-refractivity contribution in [1.29, 1.82) is 0 Å². The highest BCUT2D eigenvalue weighted by Crippen LogP contribution is 2.16. The zero-order chi connectivity index (χ0) is 18.3. The highest BCUT2D eigenvalue weighted by Gasteiger charge is 2.14. The van der Waals surface area contributed by atoms with Crippen molar-refractivity contribution < 1.29 is 13.2 Å². The fourth-order valence-corrected chi connectivity index (χ4v) is 3.94. The SMILES string of the molecule is CC(N)CCC(=O)Nc1cccc(CS(=O)(=O)Cc2ccccc2)c1. The Hall–Kier alpha value is -2.18. The van der Waals surface area contributed by atoms with Gasteiger partial charge in [0, 0.05) is 18.2 Å². The van der Waals surface area contributed by atoms with E-state index in [0.29, 0.717) is 24.1 Å². The van der Waals surface area contributed by atoms with Crippen molar-refractivity contribution in [2.24, 2.45) is 5.73 Å². The van der Waals surface area contributed by atoms with Gasteiger partial charge in [0.05, 0.1) is 11.5 Å². The Morgan fingerprint density at radius 2 is 1.68 bits per heavy atom. The smallest absolute Gasteiger partial charge is 0.224 e. The number of carbonyl (C=O) groups excluding carboxylic acids is 1. The van der Waals surface area contributed by atoms with Crippen molar-refractivity contribution in [2.75, 3.05) is 5.32 Å². The largest absolute Gasteiger partial charge is 0.328 e. The second kappa shape index (κ2) is 8.78. The predicted molar refractivity (Wildman–Crippen MR) is 101 cm³/mol. The van der Waals surface area contributed by atoms with E-state index in [1.54, 1.807) is 36.4 Å². The number of hydrogen-bond acceptors (Lipinski definition) is 4. The lowest BCUT2D eigenvalue weighted by molar-refractivity contribution is -0.116. The third-order valence-corrected chi connectivity index (χ3v) is 5.20. The van der Waals surface area contributed by atoms with Gasteiger partial charge in [-0.15, -0.1) is 0 Å². The molecule has 0 heterocycles. The van der Waals surface area contributed by atoms with E-state index in [1.165, 1.54) is 0 Å². The summed E-state index contributed by atoms with van der Waals surface area (Å²) in [5.41, 5.74) is 7.66. The molecule has 0 saturated heterocycles. The van der Waals surface area contributed by atoms with Gasteiger partial charge >= 0.3 is 0 Å². The zero-order valence-corrected chi connectivity index (χ0v) is 15.1. The first kappa shape index (κ1) is 19.1. The molecule has 134 valence electrons. The van der Waals surface area contributed by atoms with Gasteiger partial charge in [0.2, 0.25) is 5.91 Å². The van der Waals surface area contributed by atoms with E-state index in [4.69, 9.17) is 5.73 Å². The van der Waals surface area contributed by atoms with Gasteiger partial charge in [0.15, 0.2) is 9.84 Å². The summed E-state index contributed by atoms with van der Waals surface area (Å²) in [5.74, 6) is -0.189. The van der Waals surface area contributed by atoms with Crippen LogP contribution in [0.15, 0.2) is 54.6 Å². The number of nitrogens with one attached hydrogen (secondary N) is 1. The van der Waals surface area contributed by atoms with Crippen molar-refractivity contribution in [3.63, 3.8) is 0 Å². The van der Waals surface area contributed by atoms with Gasteiger partial charge in [0.25, 0.3) is 0 Å². The summed E-state index contributed by atoms with van der Waals surface area (Å²) in [6.07, 6.45) is 0.950. The van der Waals surface area contributed by atoms with Gasteiger partial charge in [-0.05, 0) is 36.6 Å². The molecule has 1 atom stereocenters. The molecule has 1 unspecified atom stereocenters. The first-order valence-electron chi connectivity index (χ1n) is 8.23. The molecule has 1 amide bonds. The maximum atomic E-state index is 12.4. The Labute approximate surface area is 149 Å². The second-order valence-electron chi connectivity index (χ2n) is 6.28.